The van der Waals surface area contributed by atoms with Crippen LogP contribution in [-0.2, 0) is 14.3 Å². The average Bonchev–Trinajstić information content (AvgIpc) is 2.56. The average molecular weight is 370 g/mol. The molecule has 6 nitrogen and oxygen atoms in total. The number of amides is 1. The van der Waals surface area contributed by atoms with Crippen LogP contribution in [0.1, 0.15) is 26.3 Å². The Balaban J connectivity index is 2.70. The lowest BCUT2D eigenvalue weighted by molar-refractivity contribution is -0.150. The Labute approximate surface area is 153 Å². The van der Waals surface area contributed by atoms with E-state index in [9.17, 15) is 9.59 Å². The zero-order valence-corrected chi connectivity index (χ0v) is 15.8. The fourth-order valence-electron chi connectivity index (χ4n) is 1.91. The number of hydrogen-bond acceptors (Lipinski definition) is 5. The number of rotatable bonds is 8. The van der Waals surface area contributed by atoms with Crippen molar-refractivity contribution in [3.63, 3.8) is 0 Å². The van der Waals surface area contributed by atoms with Crippen molar-refractivity contribution < 1.29 is 23.8 Å². The molecular formula is C18H24ClNO5. The first-order valence-electron chi connectivity index (χ1n) is 7.86. The number of halogens is 1. The fourth-order valence-corrected chi connectivity index (χ4v) is 2.21. The standard InChI is InChI=1S/C18H24ClNO5/c1-11(2)10-20-18(22)12(3)25-16(21)7-6-13-8-14(19)17(24-5)15(9-13)23-4/h6-9,11-12H,10H2,1-5H3,(H,20,22)/b7-6+/t12-/m1/s1. The van der Waals surface area contributed by atoms with Crippen LogP contribution < -0.4 is 14.8 Å². The van der Waals surface area contributed by atoms with Crippen LogP contribution in [0.25, 0.3) is 6.08 Å². The minimum absolute atomic E-state index is 0.321. The van der Waals surface area contributed by atoms with Gasteiger partial charge >= 0.3 is 5.97 Å². The third-order valence-electron chi connectivity index (χ3n) is 3.21. The molecule has 0 aliphatic carbocycles. The maximum absolute atomic E-state index is 11.9. The molecule has 7 heteroatoms. The molecule has 0 heterocycles. The van der Waals surface area contributed by atoms with Gasteiger partial charge in [-0.2, -0.15) is 0 Å². The van der Waals surface area contributed by atoms with E-state index < -0.39 is 12.1 Å². The normalized spacial score (nSPS) is 12.1. The van der Waals surface area contributed by atoms with Crippen LogP contribution in [0.5, 0.6) is 11.5 Å². The second-order valence-corrected chi connectivity index (χ2v) is 6.20. The predicted molar refractivity (Wildman–Crippen MR) is 97.0 cm³/mol. The van der Waals surface area contributed by atoms with Gasteiger partial charge in [0.1, 0.15) is 0 Å². The van der Waals surface area contributed by atoms with E-state index in [1.165, 1.54) is 33.3 Å². The number of nitrogens with one attached hydrogen (secondary N) is 1. The zero-order valence-electron chi connectivity index (χ0n) is 15.1. The smallest absolute Gasteiger partial charge is 0.331 e. The van der Waals surface area contributed by atoms with Gasteiger partial charge in [0.25, 0.3) is 5.91 Å². The molecule has 1 rings (SSSR count). The molecule has 0 aliphatic heterocycles. The maximum Gasteiger partial charge on any atom is 0.331 e. The number of carbonyl (C=O) groups is 2. The summed E-state index contributed by atoms with van der Waals surface area (Å²) in [5.74, 6) is 0.230. The molecule has 25 heavy (non-hydrogen) atoms. The Morgan fingerprint density at radius 1 is 1.20 bits per heavy atom. The molecule has 1 aromatic carbocycles. The van der Waals surface area contributed by atoms with E-state index >= 15 is 0 Å². The Bertz CT molecular complexity index is 643. The fraction of sp³-hybridized carbons (Fsp3) is 0.444. The Hall–Kier alpha value is -2.21. The Morgan fingerprint density at radius 3 is 2.44 bits per heavy atom. The SMILES string of the molecule is COc1cc(/C=C/C(=O)O[C@H](C)C(=O)NCC(C)C)cc(Cl)c1OC. The van der Waals surface area contributed by atoms with Gasteiger partial charge in [0, 0.05) is 12.6 Å². The quantitative estimate of drug-likeness (QED) is 0.563. The van der Waals surface area contributed by atoms with Crippen LogP contribution in [0.4, 0.5) is 0 Å². The summed E-state index contributed by atoms with van der Waals surface area (Å²) in [6, 6.07) is 3.30. The van der Waals surface area contributed by atoms with E-state index in [2.05, 4.69) is 5.32 Å². The molecule has 0 unspecified atom stereocenters. The van der Waals surface area contributed by atoms with Crippen molar-refractivity contribution in [2.24, 2.45) is 5.92 Å². The van der Waals surface area contributed by atoms with Gasteiger partial charge in [0.05, 0.1) is 19.2 Å². The number of hydrogen-bond donors (Lipinski definition) is 1. The van der Waals surface area contributed by atoms with Crippen LogP contribution in [0.15, 0.2) is 18.2 Å². The minimum atomic E-state index is -0.870. The first-order valence-corrected chi connectivity index (χ1v) is 8.24. The number of methoxy groups -OCH3 is 2. The van der Waals surface area contributed by atoms with Gasteiger partial charge < -0.3 is 19.5 Å². The van der Waals surface area contributed by atoms with Gasteiger partial charge in [-0.1, -0.05) is 25.4 Å². The largest absolute Gasteiger partial charge is 0.493 e. The molecule has 0 fully saturated rings. The van der Waals surface area contributed by atoms with Crippen LogP contribution in [-0.4, -0.2) is 38.7 Å². The first-order chi connectivity index (χ1) is 11.8. The molecular weight excluding hydrogens is 346 g/mol. The summed E-state index contributed by atoms with van der Waals surface area (Å²) in [5.41, 5.74) is 0.636. The van der Waals surface area contributed by atoms with Gasteiger partial charge in [0.2, 0.25) is 0 Å². The summed E-state index contributed by atoms with van der Waals surface area (Å²) < 4.78 is 15.4. The lowest BCUT2D eigenvalue weighted by Crippen LogP contribution is -2.37. The van der Waals surface area contributed by atoms with Crippen molar-refractivity contribution in [1.82, 2.24) is 5.32 Å². The van der Waals surface area contributed by atoms with E-state index in [1.807, 2.05) is 13.8 Å². The number of carbonyl (C=O) groups excluding carboxylic acids is 2. The lowest BCUT2D eigenvalue weighted by atomic mass is 10.2. The first kappa shape index (κ1) is 20.8. The second kappa shape index (κ2) is 9.93. The number of esters is 1. The van der Waals surface area contributed by atoms with Gasteiger partial charge in [-0.25, -0.2) is 4.79 Å². The molecule has 138 valence electrons. The highest BCUT2D eigenvalue weighted by Gasteiger charge is 2.16. The highest BCUT2D eigenvalue weighted by Crippen LogP contribution is 2.36. The third kappa shape index (κ3) is 6.66. The molecule has 0 saturated carbocycles. The van der Waals surface area contributed by atoms with E-state index in [1.54, 1.807) is 12.1 Å². The molecule has 0 bridgehead atoms. The van der Waals surface area contributed by atoms with Crippen molar-refractivity contribution in [2.45, 2.75) is 26.9 Å². The zero-order chi connectivity index (χ0) is 19.0. The van der Waals surface area contributed by atoms with Crippen LogP contribution in [0.2, 0.25) is 5.02 Å². The van der Waals surface area contributed by atoms with Gasteiger partial charge in [-0.3, -0.25) is 4.79 Å². The summed E-state index contributed by atoms with van der Waals surface area (Å²) in [7, 11) is 2.98. The van der Waals surface area contributed by atoms with E-state index in [-0.39, 0.29) is 5.91 Å². The summed E-state index contributed by atoms with van der Waals surface area (Å²) >= 11 is 6.11. The molecule has 1 N–H and O–H groups in total. The van der Waals surface area contributed by atoms with Gasteiger partial charge in [-0.05, 0) is 36.6 Å². The van der Waals surface area contributed by atoms with Crippen molar-refractivity contribution in [2.75, 3.05) is 20.8 Å². The molecule has 0 aromatic heterocycles. The molecule has 1 amide bonds. The molecule has 0 saturated heterocycles. The van der Waals surface area contributed by atoms with Crippen LogP contribution >= 0.6 is 11.6 Å². The summed E-state index contributed by atoms with van der Waals surface area (Å²) in [6.45, 7) is 6.01. The highest BCUT2D eigenvalue weighted by molar-refractivity contribution is 6.32. The molecule has 0 radical (unpaired) electrons. The maximum atomic E-state index is 11.9. The molecule has 1 aromatic rings. The summed E-state index contributed by atoms with van der Waals surface area (Å²) in [5, 5.41) is 3.07. The van der Waals surface area contributed by atoms with Crippen LogP contribution in [0.3, 0.4) is 0 Å². The van der Waals surface area contributed by atoms with Gasteiger partial charge in [-0.15, -0.1) is 0 Å². The summed E-state index contributed by atoms with van der Waals surface area (Å²) in [4.78, 5) is 23.6. The highest BCUT2D eigenvalue weighted by atomic mass is 35.5. The van der Waals surface area contributed by atoms with Crippen molar-refractivity contribution in [3.05, 3.63) is 28.8 Å². The topological polar surface area (TPSA) is 73.9 Å². The van der Waals surface area contributed by atoms with E-state index in [0.717, 1.165) is 0 Å². The van der Waals surface area contributed by atoms with E-state index in [0.29, 0.717) is 34.5 Å². The number of benzene rings is 1. The molecule has 1 atom stereocenters. The van der Waals surface area contributed by atoms with Crippen molar-refractivity contribution >= 4 is 29.6 Å². The Morgan fingerprint density at radius 2 is 1.88 bits per heavy atom. The van der Waals surface area contributed by atoms with Gasteiger partial charge in [0.15, 0.2) is 17.6 Å². The second-order valence-electron chi connectivity index (χ2n) is 5.79. The van der Waals surface area contributed by atoms with Crippen molar-refractivity contribution in [1.29, 1.82) is 0 Å². The predicted octanol–water partition coefficient (Wildman–Crippen LogP) is 3.07. The molecule has 0 spiro atoms. The summed E-state index contributed by atoms with van der Waals surface area (Å²) in [6.07, 6.45) is 1.88. The van der Waals surface area contributed by atoms with E-state index in [4.69, 9.17) is 25.8 Å². The number of ether oxygens (including phenoxy) is 3. The third-order valence-corrected chi connectivity index (χ3v) is 3.50. The monoisotopic (exact) mass is 369 g/mol. The minimum Gasteiger partial charge on any atom is -0.493 e. The van der Waals surface area contributed by atoms with Crippen LogP contribution in [0, 0.1) is 5.92 Å². The lowest BCUT2D eigenvalue weighted by Gasteiger charge is -2.13. The Kier molecular flexibility index (Phi) is 8.28. The van der Waals surface area contributed by atoms with Crippen molar-refractivity contribution in [3.8, 4) is 11.5 Å². The molecule has 0 aliphatic rings.